The Morgan fingerprint density at radius 3 is 2.04 bits per heavy atom. The highest BCUT2D eigenvalue weighted by Crippen LogP contribution is 2.22. The number of carbonyl (C=O) groups is 2. The lowest BCUT2D eigenvalue weighted by Gasteiger charge is -2.12. The average Bonchev–Trinajstić information content (AvgIpc) is 2.70. The Morgan fingerprint density at radius 1 is 0.750 bits per heavy atom. The number of fused-ring (bicyclic) bond motifs is 1. The van der Waals surface area contributed by atoms with Crippen LogP contribution in [0, 0.1) is 13.8 Å². The van der Waals surface area contributed by atoms with Crippen molar-refractivity contribution in [3.05, 3.63) is 71.8 Å². The van der Waals surface area contributed by atoms with Crippen molar-refractivity contribution in [2.45, 2.75) is 13.8 Å². The molecule has 0 radical (unpaired) electrons. The second-order valence-corrected chi connectivity index (χ2v) is 6.40. The molecule has 0 atom stereocenters. The second kappa shape index (κ2) is 8.90. The smallest absolute Gasteiger partial charge is 0.276 e. The summed E-state index contributed by atoms with van der Waals surface area (Å²) in [5.41, 5.74) is 6.52. The highest BCUT2D eigenvalue weighted by molar-refractivity contribution is 5.85. The Balaban J connectivity index is 1.42. The quantitative estimate of drug-likeness (QED) is 0.647. The fraction of sp³-hybridized carbons (Fsp3) is 0.182. The fourth-order valence-corrected chi connectivity index (χ4v) is 2.78. The van der Waals surface area contributed by atoms with Crippen molar-refractivity contribution in [3.63, 3.8) is 0 Å². The van der Waals surface area contributed by atoms with Gasteiger partial charge >= 0.3 is 0 Å². The van der Waals surface area contributed by atoms with Gasteiger partial charge in [-0.1, -0.05) is 48.5 Å². The number of benzene rings is 3. The molecule has 0 bridgehead atoms. The molecule has 0 saturated carbocycles. The first-order valence-electron chi connectivity index (χ1n) is 8.91. The fourth-order valence-electron chi connectivity index (χ4n) is 2.78. The van der Waals surface area contributed by atoms with E-state index in [-0.39, 0.29) is 13.2 Å². The molecule has 0 fully saturated rings. The molecule has 28 heavy (non-hydrogen) atoms. The number of aryl methyl sites for hydroxylation is 2. The van der Waals surface area contributed by atoms with Gasteiger partial charge in [0.1, 0.15) is 11.5 Å². The van der Waals surface area contributed by atoms with Crippen molar-refractivity contribution in [2.75, 3.05) is 13.2 Å². The summed E-state index contributed by atoms with van der Waals surface area (Å²) >= 11 is 0. The molecule has 0 aliphatic carbocycles. The summed E-state index contributed by atoms with van der Waals surface area (Å²) in [5, 5.41) is 2.12. The SMILES string of the molecule is Cc1cccc(C)c1OCC(=O)NNC(=O)COc1ccc2ccccc2c1. The van der Waals surface area contributed by atoms with Gasteiger partial charge in [-0.05, 0) is 47.9 Å². The highest BCUT2D eigenvalue weighted by atomic mass is 16.5. The minimum atomic E-state index is -0.464. The van der Waals surface area contributed by atoms with Gasteiger partial charge in [0.05, 0.1) is 0 Å². The van der Waals surface area contributed by atoms with Gasteiger partial charge in [-0.2, -0.15) is 0 Å². The van der Waals surface area contributed by atoms with Crippen LogP contribution in [0.3, 0.4) is 0 Å². The summed E-state index contributed by atoms with van der Waals surface area (Å²) in [4.78, 5) is 23.7. The third-order valence-electron chi connectivity index (χ3n) is 4.19. The van der Waals surface area contributed by atoms with Crippen LogP contribution in [0.15, 0.2) is 60.7 Å². The topological polar surface area (TPSA) is 76.7 Å². The van der Waals surface area contributed by atoms with Crippen LogP contribution in [-0.4, -0.2) is 25.0 Å². The number of ether oxygens (including phenoxy) is 2. The summed E-state index contributed by atoms with van der Waals surface area (Å²) in [5.74, 6) is 0.331. The number of carbonyl (C=O) groups excluding carboxylic acids is 2. The van der Waals surface area contributed by atoms with E-state index < -0.39 is 11.8 Å². The molecule has 2 amide bonds. The Bertz CT molecular complexity index is 980. The largest absolute Gasteiger partial charge is 0.484 e. The Labute approximate surface area is 163 Å². The van der Waals surface area contributed by atoms with E-state index in [9.17, 15) is 9.59 Å². The molecule has 0 aliphatic heterocycles. The molecule has 3 rings (SSSR count). The van der Waals surface area contributed by atoms with Crippen molar-refractivity contribution in [1.29, 1.82) is 0 Å². The van der Waals surface area contributed by atoms with Crippen LogP contribution in [0.4, 0.5) is 0 Å². The summed E-state index contributed by atoms with van der Waals surface area (Å²) in [7, 11) is 0. The van der Waals surface area contributed by atoms with Gasteiger partial charge in [0.15, 0.2) is 13.2 Å². The number of hydrogen-bond acceptors (Lipinski definition) is 4. The number of hydrogen-bond donors (Lipinski definition) is 2. The summed E-state index contributed by atoms with van der Waals surface area (Å²) in [6.45, 7) is 3.41. The molecule has 0 spiro atoms. The minimum Gasteiger partial charge on any atom is -0.484 e. The lowest BCUT2D eigenvalue weighted by atomic mass is 10.1. The molecule has 0 aromatic heterocycles. The maximum atomic E-state index is 11.9. The van der Waals surface area contributed by atoms with Crippen molar-refractivity contribution >= 4 is 22.6 Å². The van der Waals surface area contributed by atoms with Crippen LogP contribution in [0.1, 0.15) is 11.1 Å². The lowest BCUT2D eigenvalue weighted by Crippen LogP contribution is -2.45. The average molecular weight is 378 g/mol. The monoisotopic (exact) mass is 378 g/mol. The Morgan fingerprint density at radius 2 is 1.36 bits per heavy atom. The van der Waals surface area contributed by atoms with Crippen LogP contribution < -0.4 is 20.3 Å². The zero-order valence-electron chi connectivity index (χ0n) is 15.8. The number of para-hydroxylation sites is 1. The van der Waals surface area contributed by atoms with Crippen LogP contribution in [0.2, 0.25) is 0 Å². The van der Waals surface area contributed by atoms with Crippen molar-refractivity contribution in [3.8, 4) is 11.5 Å². The third-order valence-corrected chi connectivity index (χ3v) is 4.19. The predicted molar refractivity (Wildman–Crippen MR) is 107 cm³/mol. The van der Waals surface area contributed by atoms with E-state index in [1.54, 1.807) is 6.07 Å². The van der Waals surface area contributed by atoms with Crippen LogP contribution in [0.5, 0.6) is 11.5 Å². The maximum absolute atomic E-state index is 11.9. The van der Waals surface area contributed by atoms with Gasteiger partial charge in [0.25, 0.3) is 11.8 Å². The first-order chi connectivity index (χ1) is 13.5. The van der Waals surface area contributed by atoms with Crippen LogP contribution in [0.25, 0.3) is 10.8 Å². The zero-order valence-corrected chi connectivity index (χ0v) is 15.8. The third kappa shape index (κ3) is 5.01. The second-order valence-electron chi connectivity index (χ2n) is 6.40. The van der Waals surface area contributed by atoms with Gasteiger partial charge in [0, 0.05) is 0 Å². The normalized spacial score (nSPS) is 10.4. The van der Waals surface area contributed by atoms with Gasteiger partial charge in [0.2, 0.25) is 0 Å². The number of hydrazine groups is 1. The Hall–Kier alpha value is -3.54. The van der Waals surface area contributed by atoms with E-state index in [2.05, 4.69) is 10.9 Å². The summed E-state index contributed by atoms with van der Waals surface area (Å²) < 4.78 is 11.0. The summed E-state index contributed by atoms with van der Waals surface area (Å²) in [6, 6.07) is 19.2. The zero-order chi connectivity index (χ0) is 19.9. The number of amides is 2. The molecule has 6 heteroatoms. The minimum absolute atomic E-state index is 0.197. The molecule has 0 heterocycles. The van der Waals surface area contributed by atoms with E-state index in [4.69, 9.17) is 9.47 Å². The van der Waals surface area contributed by atoms with Gasteiger partial charge in [-0.15, -0.1) is 0 Å². The van der Waals surface area contributed by atoms with Crippen molar-refractivity contribution in [2.24, 2.45) is 0 Å². The van der Waals surface area contributed by atoms with Crippen LogP contribution >= 0.6 is 0 Å². The molecule has 6 nitrogen and oxygen atoms in total. The number of rotatable bonds is 6. The Kier molecular flexibility index (Phi) is 6.11. The van der Waals surface area contributed by atoms with Crippen LogP contribution in [-0.2, 0) is 9.59 Å². The first-order valence-corrected chi connectivity index (χ1v) is 8.91. The lowest BCUT2D eigenvalue weighted by molar-refractivity contribution is -0.131. The van der Waals surface area contributed by atoms with E-state index in [0.29, 0.717) is 11.5 Å². The molecule has 3 aromatic carbocycles. The molecular formula is C22H22N2O4. The molecule has 144 valence electrons. The predicted octanol–water partition coefficient (Wildman–Crippen LogP) is 3.06. The molecule has 3 aromatic rings. The molecule has 0 aliphatic rings. The standard InChI is InChI=1S/C22H22N2O4/c1-15-6-5-7-16(2)22(15)28-14-21(26)24-23-20(25)13-27-19-11-10-17-8-3-4-9-18(17)12-19/h3-12H,13-14H2,1-2H3,(H,23,25)(H,24,26). The molecule has 2 N–H and O–H groups in total. The summed E-state index contributed by atoms with van der Waals surface area (Å²) in [6.07, 6.45) is 0. The number of nitrogens with one attached hydrogen (secondary N) is 2. The van der Waals surface area contributed by atoms with E-state index >= 15 is 0 Å². The van der Waals surface area contributed by atoms with Gasteiger partial charge in [-0.25, -0.2) is 0 Å². The van der Waals surface area contributed by atoms with E-state index in [0.717, 1.165) is 21.9 Å². The highest BCUT2D eigenvalue weighted by Gasteiger charge is 2.09. The van der Waals surface area contributed by atoms with Crippen molar-refractivity contribution in [1.82, 2.24) is 10.9 Å². The molecule has 0 unspecified atom stereocenters. The molecule has 0 saturated heterocycles. The maximum Gasteiger partial charge on any atom is 0.276 e. The molecular weight excluding hydrogens is 356 g/mol. The van der Waals surface area contributed by atoms with Crippen molar-refractivity contribution < 1.29 is 19.1 Å². The first kappa shape index (κ1) is 19.2. The van der Waals surface area contributed by atoms with Gasteiger partial charge in [-0.3, -0.25) is 20.4 Å². The van der Waals surface area contributed by atoms with E-state index in [1.165, 1.54) is 0 Å². The van der Waals surface area contributed by atoms with E-state index in [1.807, 2.05) is 68.4 Å². The van der Waals surface area contributed by atoms with Gasteiger partial charge < -0.3 is 9.47 Å².